The molecule has 3 aromatic rings. The van der Waals surface area contributed by atoms with Crippen molar-refractivity contribution in [2.24, 2.45) is 0 Å². The highest BCUT2D eigenvalue weighted by molar-refractivity contribution is 7.10. The van der Waals surface area contributed by atoms with E-state index in [1.54, 1.807) is 28.8 Å². The predicted molar refractivity (Wildman–Crippen MR) is 94.4 cm³/mol. The Kier molecular flexibility index (Phi) is 4.66. The largest absolute Gasteiger partial charge is 0.473 e. The number of carbonyl (C=O) groups is 1. The summed E-state index contributed by atoms with van der Waals surface area (Å²) in [5.74, 6) is -0.468. The molecule has 26 heavy (non-hydrogen) atoms. The Bertz CT molecular complexity index is 896. The fraction of sp³-hybridized carbons (Fsp3) is 0.278. The summed E-state index contributed by atoms with van der Waals surface area (Å²) in [5.41, 5.74) is 0.936. The monoisotopic (exact) mass is 372 g/mol. The van der Waals surface area contributed by atoms with Crippen LogP contribution < -0.4 is 4.74 Å². The van der Waals surface area contributed by atoms with Crippen molar-refractivity contribution in [3.63, 3.8) is 0 Å². The van der Waals surface area contributed by atoms with Gasteiger partial charge in [-0.15, -0.1) is 11.3 Å². The van der Waals surface area contributed by atoms with Crippen molar-refractivity contribution < 1.29 is 13.9 Å². The van der Waals surface area contributed by atoms with Gasteiger partial charge in [0.05, 0.1) is 31.0 Å². The van der Waals surface area contributed by atoms with Crippen molar-refractivity contribution in [3.8, 4) is 5.88 Å². The van der Waals surface area contributed by atoms with Gasteiger partial charge in [0.15, 0.2) is 5.82 Å². The third-order valence-corrected chi connectivity index (χ3v) is 5.20. The molecule has 1 atom stereocenters. The first kappa shape index (κ1) is 16.7. The summed E-state index contributed by atoms with van der Waals surface area (Å²) < 4.78 is 21.3. The molecular weight excluding hydrogens is 355 g/mol. The van der Waals surface area contributed by atoms with Gasteiger partial charge >= 0.3 is 0 Å². The van der Waals surface area contributed by atoms with Crippen molar-refractivity contribution >= 4 is 17.2 Å². The van der Waals surface area contributed by atoms with Crippen LogP contribution in [-0.4, -0.2) is 38.5 Å². The van der Waals surface area contributed by atoms with Crippen LogP contribution in [0.3, 0.4) is 0 Å². The predicted octanol–water partition coefficient (Wildman–Crippen LogP) is 2.68. The second-order valence-electron chi connectivity index (χ2n) is 6.08. The quantitative estimate of drug-likeness (QED) is 0.691. The number of hydrogen-bond acceptors (Lipinski definition) is 5. The second-order valence-corrected chi connectivity index (χ2v) is 7.11. The lowest BCUT2D eigenvalue weighted by atomic mass is 10.1. The summed E-state index contributed by atoms with van der Waals surface area (Å²) >= 11 is 1.57. The minimum atomic E-state index is -0.500. The molecular formula is C18H17FN4O2S. The van der Waals surface area contributed by atoms with Crippen molar-refractivity contribution in [2.75, 3.05) is 13.2 Å². The fourth-order valence-electron chi connectivity index (χ4n) is 3.04. The Hall–Kier alpha value is -2.74. The number of rotatable bonds is 5. The number of fused-ring (bicyclic) bond motifs is 1. The number of halogens is 1. The topological polar surface area (TPSA) is 60.2 Å². The molecule has 0 aliphatic carbocycles. The van der Waals surface area contributed by atoms with Gasteiger partial charge in [0.25, 0.3) is 0 Å². The summed E-state index contributed by atoms with van der Waals surface area (Å²) in [7, 11) is 0. The van der Waals surface area contributed by atoms with Crippen molar-refractivity contribution in [3.05, 3.63) is 64.8 Å². The highest BCUT2D eigenvalue weighted by Gasteiger charge is 2.28. The van der Waals surface area contributed by atoms with Gasteiger partial charge in [0.1, 0.15) is 6.61 Å². The van der Waals surface area contributed by atoms with Gasteiger partial charge in [-0.05, 0) is 23.6 Å². The van der Waals surface area contributed by atoms with Crippen LogP contribution in [0.1, 0.15) is 16.6 Å². The van der Waals surface area contributed by atoms with Gasteiger partial charge in [-0.3, -0.25) is 4.79 Å². The van der Waals surface area contributed by atoms with Crippen LogP contribution in [0.15, 0.2) is 48.4 Å². The van der Waals surface area contributed by atoms with E-state index in [2.05, 4.69) is 9.97 Å². The molecule has 0 saturated heterocycles. The summed E-state index contributed by atoms with van der Waals surface area (Å²) in [6.07, 6.45) is 5.34. The van der Waals surface area contributed by atoms with Crippen LogP contribution in [0.2, 0.25) is 0 Å². The van der Waals surface area contributed by atoms with Crippen LogP contribution in [-0.2, 0) is 17.8 Å². The highest BCUT2D eigenvalue weighted by Crippen LogP contribution is 2.23. The van der Waals surface area contributed by atoms with Crippen LogP contribution in [0, 0.1) is 5.82 Å². The smallest absolute Gasteiger partial charge is 0.250 e. The van der Waals surface area contributed by atoms with E-state index in [0.29, 0.717) is 19.5 Å². The molecule has 3 aromatic heterocycles. The molecule has 0 aromatic carbocycles. The maximum absolute atomic E-state index is 13.7. The number of thiophene rings is 1. The lowest BCUT2D eigenvalue weighted by molar-refractivity contribution is -0.132. The van der Waals surface area contributed by atoms with Crippen LogP contribution >= 0.6 is 11.3 Å². The highest BCUT2D eigenvalue weighted by atomic mass is 32.1. The average molecular weight is 372 g/mol. The minimum absolute atomic E-state index is 0.0313. The fourth-order valence-corrected chi connectivity index (χ4v) is 3.73. The zero-order chi connectivity index (χ0) is 17.9. The van der Waals surface area contributed by atoms with E-state index in [9.17, 15) is 9.18 Å². The molecule has 0 fully saturated rings. The molecule has 0 spiro atoms. The van der Waals surface area contributed by atoms with E-state index in [-0.39, 0.29) is 24.4 Å². The zero-order valence-electron chi connectivity index (χ0n) is 13.9. The number of nitrogens with zero attached hydrogens (tertiary/aromatic N) is 4. The lowest BCUT2D eigenvalue weighted by Gasteiger charge is -2.34. The molecule has 4 heterocycles. The third-order valence-electron chi connectivity index (χ3n) is 4.32. The summed E-state index contributed by atoms with van der Waals surface area (Å²) in [4.78, 5) is 23.6. The Balaban J connectivity index is 1.47. The standard InChI is InChI=1S/C18H17FN4O2S/c19-16-4-1-5-21-18(16)25-11-14-10-22(9-13-8-20-12-23(13)14)17(24)7-15-3-2-6-26-15/h1-6,8,12,14H,7,9-11H2. The molecule has 0 radical (unpaired) electrons. The minimum Gasteiger partial charge on any atom is -0.473 e. The van der Waals surface area contributed by atoms with Crippen LogP contribution in [0.25, 0.3) is 0 Å². The molecule has 1 amide bonds. The van der Waals surface area contributed by atoms with Gasteiger partial charge in [-0.25, -0.2) is 14.4 Å². The SMILES string of the molecule is O=C(Cc1cccs1)N1Cc2cncn2C(COc2ncccc2F)C1. The third kappa shape index (κ3) is 3.45. The number of imidazole rings is 1. The van der Waals surface area contributed by atoms with Gasteiger partial charge in [-0.2, -0.15) is 0 Å². The first-order chi connectivity index (χ1) is 12.7. The molecule has 0 bridgehead atoms. The maximum Gasteiger partial charge on any atom is 0.250 e. The number of pyridine rings is 1. The number of amides is 1. The van der Waals surface area contributed by atoms with Crippen LogP contribution in [0.5, 0.6) is 5.88 Å². The summed E-state index contributed by atoms with van der Waals surface area (Å²) in [6, 6.07) is 6.58. The Morgan fingerprint density at radius 1 is 1.38 bits per heavy atom. The molecule has 134 valence electrons. The average Bonchev–Trinajstić information content (AvgIpc) is 3.32. The van der Waals surface area contributed by atoms with Gasteiger partial charge in [0, 0.05) is 23.8 Å². The Labute approximate surface area is 153 Å². The van der Waals surface area contributed by atoms with Crippen molar-refractivity contribution in [1.29, 1.82) is 0 Å². The van der Waals surface area contributed by atoms with E-state index in [1.807, 2.05) is 22.1 Å². The molecule has 6 nitrogen and oxygen atoms in total. The maximum atomic E-state index is 13.7. The molecule has 0 N–H and O–H groups in total. The van der Waals surface area contributed by atoms with Crippen molar-refractivity contribution in [1.82, 2.24) is 19.4 Å². The van der Waals surface area contributed by atoms with E-state index in [4.69, 9.17) is 4.74 Å². The second kappa shape index (κ2) is 7.25. The number of carbonyl (C=O) groups excluding carboxylic acids is 1. The molecule has 4 rings (SSSR count). The summed E-state index contributed by atoms with van der Waals surface area (Å²) in [5, 5.41) is 1.96. The van der Waals surface area contributed by atoms with E-state index in [0.717, 1.165) is 10.6 Å². The Morgan fingerprint density at radius 3 is 3.12 bits per heavy atom. The van der Waals surface area contributed by atoms with Crippen LogP contribution in [0.4, 0.5) is 4.39 Å². The number of aromatic nitrogens is 3. The normalized spacial score (nSPS) is 16.3. The molecule has 8 heteroatoms. The number of hydrogen-bond donors (Lipinski definition) is 0. The first-order valence-electron chi connectivity index (χ1n) is 8.25. The molecule has 1 aliphatic rings. The Morgan fingerprint density at radius 2 is 2.31 bits per heavy atom. The van der Waals surface area contributed by atoms with E-state index < -0.39 is 5.82 Å². The molecule has 1 aliphatic heterocycles. The molecule has 1 unspecified atom stereocenters. The van der Waals surface area contributed by atoms with Gasteiger partial charge < -0.3 is 14.2 Å². The van der Waals surface area contributed by atoms with Crippen molar-refractivity contribution in [2.45, 2.75) is 19.0 Å². The van der Waals surface area contributed by atoms with E-state index in [1.165, 1.54) is 18.3 Å². The molecule has 0 saturated carbocycles. The lowest BCUT2D eigenvalue weighted by Crippen LogP contribution is -2.43. The zero-order valence-corrected chi connectivity index (χ0v) is 14.7. The summed E-state index contributed by atoms with van der Waals surface area (Å²) in [6.45, 7) is 1.21. The number of ether oxygens (including phenoxy) is 1. The first-order valence-corrected chi connectivity index (χ1v) is 9.13. The van der Waals surface area contributed by atoms with Gasteiger partial charge in [-0.1, -0.05) is 6.07 Å². The van der Waals surface area contributed by atoms with Gasteiger partial charge in [0.2, 0.25) is 11.8 Å². The van der Waals surface area contributed by atoms with E-state index >= 15 is 0 Å².